The van der Waals surface area contributed by atoms with Crippen LogP contribution in [0.25, 0.3) is 0 Å². The summed E-state index contributed by atoms with van der Waals surface area (Å²) in [6, 6.07) is 18.4. The smallest absolute Gasteiger partial charge is 0.358 e. The minimum absolute atomic E-state index is 0.0406. The van der Waals surface area contributed by atoms with Crippen LogP contribution < -0.4 is 10.2 Å². The van der Waals surface area contributed by atoms with Crippen LogP contribution >= 0.6 is 0 Å². The third-order valence-corrected chi connectivity index (χ3v) is 5.78. The van der Waals surface area contributed by atoms with Gasteiger partial charge in [-0.2, -0.15) is 5.10 Å². The average molecular weight is 447 g/mol. The molecule has 1 aliphatic rings. The van der Waals surface area contributed by atoms with Crippen molar-refractivity contribution in [3.8, 4) is 0 Å². The van der Waals surface area contributed by atoms with Gasteiger partial charge < -0.3 is 10.1 Å². The number of aromatic nitrogens is 2. The van der Waals surface area contributed by atoms with Crippen LogP contribution in [0.1, 0.15) is 46.0 Å². The second kappa shape index (κ2) is 8.90. The van der Waals surface area contributed by atoms with E-state index >= 15 is 0 Å². The molecule has 170 valence electrons. The molecule has 2 heterocycles. The van der Waals surface area contributed by atoms with Crippen molar-refractivity contribution in [1.82, 2.24) is 15.1 Å². The number of carbonyl (C=O) groups is 3. The highest BCUT2D eigenvalue weighted by molar-refractivity contribution is 6.12. The largest absolute Gasteiger partial charge is 0.461 e. The first-order chi connectivity index (χ1) is 15.8. The Morgan fingerprint density at radius 2 is 1.82 bits per heavy atom. The summed E-state index contributed by atoms with van der Waals surface area (Å²) in [7, 11) is 0. The molecule has 3 aromatic rings. The fourth-order valence-electron chi connectivity index (χ4n) is 4.05. The number of benzene rings is 2. The minimum atomic E-state index is -1.27. The molecule has 0 aliphatic carbocycles. The summed E-state index contributed by atoms with van der Waals surface area (Å²) in [6.45, 7) is 5.91. The number of hydrogen-bond donors (Lipinski definition) is 1. The van der Waals surface area contributed by atoms with Gasteiger partial charge in [0.2, 0.25) is 5.91 Å². The van der Waals surface area contributed by atoms with E-state index < -0.39 is 17.4 Å². The highest BCUT2D eigenvalue weighted by Crippen LogP contribution is 2.34. The van der Waals surface area contributed by atoms with Crippen molar-refractivity contribution < 1.29 is 19.1 Å². The number of amides is 2. The SMILES string of the molecule is CCOC(=O)c1cc2n(n1)C[C@@](C)(C(=O)NCc1ccccc1)N(c1ccccc1C)C2=O. The van der Waals surface area contributed by atoms with Gasteiger partial charge in [0.25, 0.3) is 5.91 Å². The molecular formula is C25H26N4O4. The lowest BCUT2D eigenvalue weighted by Crippen LogP contribution is -2.64. The van der Waals surface area contributed by atoms with Crippen molar-refractivity contribution in [2.45, 2.75) is 39.4 Å². The van der Waals surface area contributed by atoms with E-state index in [1.54, 1.807) is 13.8 Å². The van der Waals surface area contributed by atoms with E-state index in [4.69, 9.17) is 4.74 Å². The lowest BCUT2D eigenvalue weighted by atomic mass is 9.93. The minimum Gasteiger partial charge on any atom is -0.461 e. The number of nitrogens with one attached hydrogen (secondary N) is 1. The van der Waals surface area contributed by atoms with E-state index in [1.807, 2.05) is 61.5 Å². The number of para-hydroxylation sites is 1. The van der Waals surface area contributed by atoms with Gasteiger partial charge in [-0.25, -0.2) is 4.79 Å². The molecule has 0 radical (unpaired) electrons. The standard InChI is InChI=1S/C25H26N4O4/c1-4-33-23(31)19-14-21-22(30)29(20-13-9-8-10-17(20)2)25(3,16-28(21)27-19)24(32)26-15-18-11-6-5-7-12-18/h5-14H,4,15-16H2,1-3H3,(H,26,32)/t25-/m0/s1. The molecule has 0 fully saturated rings. The van der Waals surface area contributed by atoms with E-state index in [0.29, 0.717) is 12.2 Å². The third kappa shape index (κ3) is 4.11. The first-order valence-electron chi connectivity index (χ1n) is 10.8. The van der Waals surface area contributed by atoms with Gasteiger partial charge >= 0.3 is 5.97 Å². The molecule has 4 rings (SSSR count). The number of rotatable bonds is 6. The number of carbonyl (C=O) groups excluding carboxylic acids is 3. The van der Waals surface area contributed by atoms with Crippen molar-refractivity contribution in [2.24, 2.45) is 0 Å². The molecule has 33 heavy (non-hydrogen) atoms. The van der Waals surface area contributed by atoms with Crippen molar-refractivity contribution in [1.29, 1.82) is 0 Å². The molecule has 0 bridgehead atoms. The van der Waals surface area contributed by atoms with Gasteiger partial charge in [-0.3, -0.25) is 19.2 Å². The second-order valence-corrected chi connectivity index (χ2v) is 8.16. The van der Waals surface area contributed by atoms with Crippen LogP contribution in [0.15, 0.2) is 60.7 Å². The molecule has 1 aliphatic heterocycles. The number of fused-ring (bicyclic) bond motifs is 1. The summed E-state index contributed by atoms with van der Waals surface area (Å²) >= 11 is 0. The molecule has 8 heteroatoms. The number of hydrogen-bond acceptors (Lipinski definition) is 5. The summed E-state index contributed by atoms with van der Waals surface area (Å²) in [5.74, 6) is -1.33. The molecule has 1 aromatic heterocycles. The number of aryl methyl sites for hydroxylation is 1. The molecule has 2 aromatic carbocycles. The first kappa shape index (κ1) is 22.3. The Bertz CT molecular complexity index is 1200. The Kier molecular flexibility index (Phi) is 6.00. The van der Waals surface area contributed by atoms with Gasteiger partial charge in [-0.1, -0.05) is 48.5 Å². The van der Waals surface area contributed by atoms with Gasteiger partial charge in [-0.05, 0) is 38.0 Å². The lowest BCUT2D eigenvalue weighted by Gasteiger charge is -2.43. The van der Waals surface area contributed by atoms with Crippen LogP contribution in [0.3, 0.4) is 0 Å². The molecule has 0 saturated heterocycles. The van der Waals surface area contributed by atoms with E-state index in [9.17, 15) is 14.4 Å². The van der Waals surface area contributed by atoms with Crippen LogP contribution in [-0.4, -0.2) is 39.7 Å². The maximum Gasteiger partial charge on any atom is 0.358 e. The molecule has 0 spiro atoms. The average Bonchev–Trinajstić information content (AvgIpc) is 3.24. The van der Waals surface area contributed by atoms with E-state index in [0.717, 1.165) is 11.1 Å². The quantitative estimate of drug-likeness (QED) is 0.588. The zero-order chi connectivity index (χ0) is 23.6. The first-order valence-corrected chi connectivity index (χ1v) is 10.8. The summed E-state index contributed by atoms with van der Waals surface area (Å²) in [4.78, 5) is 41.0. The monoisotopic (exact) mass is 446 g/mol. The van der Waals surface area contributed by atoms with Crippen molar-refractivity contribution in [3.63, 3.8) is 0 Å². The third-order valence-electron chi connectivity index (χ3n) is 5.78. The normalized spacial score (nSPS) is 17.4. The van der Waals surface area contributed by atoms with Crippen LogP contribution in [0.4, 0.5) is 5.69 Å². The molecule has 8 nitrogen and oxygen atoms in total. The van der Waals surface area contributed by atoms with Crippen LogP contribution in [0.5, 0.6) is 0 Å². The Labute approximate surface area is 192 Å². The summed E-state index contributed by atoms with van der Waals surface area (Å²) in [5, 5.41) is 7.25. The Hall–Kier alpha value is -3.94. The van der Waals surface area contributed by atoms with E-state index in [1.165, 1.54) is 15.6 Å². The van der Waals surface area contributed by atoms with Crippen molar-refractivity contribution in [2.75, 3.05) is 11.5 Å². The fraction of sp³-hybridized carbons (Fsp3) is 0.280. The number of esters is 1. The molecule has 1 atom stereocenters. The number of anilines is 1. The highest BCUT2D eigenvalue weighted by Gasteiger charge is 2.49. The molecule has 1 N–H and O–H groups in total. The van der Waals surface area contributed by atoms with Gasteiger partial charge in [-0.15, -0.1) is 0 Å². The van der Waals surface area contributed by atoms with Gasteiger partial charge in [0, 0.05) is 18.3 Å². The number of nitrogens with zero attached hydrogens (tertiary/aromatic N) is 3. The van der Waals surface area contributed by atoms with Crippen LogP contribution in [0, 0.1) is 6.92 Å². The fourth-order valence-corrected chi connectivity index (χ4v) is 4.05. The summed E-state index contributed by atoms with van der Waals surface area (Å²) in [5.41, 5.74) is 1.43. The topological polar surface area (TPSA) is 93.5 Å². The highest BCUT2D eigenvalue weighted by atomic mass is 16.5. The predicted octanol–water partition coefficient (Wildman–Crippen LogP) is 3.10. The van der Waals surface area contributed by atoms with Crippen molar-refractivity contribution >= 4 is 23.5 Å². The van der Waals surface area contributed by atoms with E-state index in [-0.39, 0.29) is 30.4 Å². The molecular weight excluding hydrogens is 420 g/mol. The maximum absolute atomic E-state index is 13.7. The summed E-state index contributed by atoms with van der Waals surface area (Å²) < 4.78 is 6.46. The number of ether oxygens (including phenoxy) is 1. The zero-order valence-corrected chi connectivity index (χ0v) is 18.9. The Balaban J connectivity index is 1.74. The van der Waals surface area contributed by atoms with Crippen LogP contribution in [0.2, 0.25) is 0 Å². The molecule has 0 unspecified atom stereocenters. The Morgan fingerprint density at radius 3 is 2.52 bits per heavy atom. The van der Waals surface area contributed by atoms with E-state index in [2.05, 4.69) is 10.4 Å². The second-order valence-electron chi connectivity index (χ2n) is 8.16. The van der Waals surface area contributed by atoms with Crippen molar-refractivity contribution in [3.05, 3.63) is 83.2 Å². The Morgan fingerprint density at radius 1 is 1.12 bits per heavy atom. The summed E-state index contributed by atoms with van der Waals surface area (Å²) in [6.07, 6.45) is 0. The molecule has 2 amide bonds. The van der Waals surface area contributed by atoms with Gasteiger partial charge in [0.1, 0.15) is 11.2 Å². The predicted molar refractivity (Wildman–Crippen MR) is 123 cm³/mol. The van der Waals surface area contributed by atoms with Crippen LogP contribution in [-0.2, 0) is 22.6 Å². The molecule has 0 saturated carbocycles. The van der Waals surface area contributed by atoms with Gasteiger partial charge in [0.05, 0.1) is 13.2 Å². The zero-order valence-electron chi connectivity index (χ0n) is 18.9. The van der Waals surface area contributed by atoms with Gasteiger partial charge in [0.15, 0.2) is 5.69 Å². The maximum atomic E-state index is 13.7. The lowest BCUT2D eigenvalue weighted by molar-refractivity contribution is -0.126.